The molecule has 1 aromatic rings. The van der Waals surface area contributed by atoms with Crippen molar-refractivity contribution < 1.29 is 9.90 Å². The van der Waals surface area contributed by atoms with Gasteiger partial charge in [0.1, 0.15) is 0 Å². The Bertz CT molecular complexity index is 481. The van der Waals surface area contributed by atoms with Crippen LogP contribution in [-0.2, 0) is 11.8 Å². The Morgan fingerprint density at radius 2 is 2.25 bits per heavy atom. The van der Waals surface area contributed by atoms with E-state index in [1.165, 1.54) is 5.56 Å². The van der Waals surface area contributed by atoms with Crippen molar-refractivity contribution in [3.8, 4) is 0 Å². The minimum absolute atomic E-state index is 0.202. The fourth-order valence-corrected chi connectivity index (χ4v) is 2.99. The molecule has 1 N–H and O–H groups in total. The first-order valence-electron chi connectivity index (χ1n) is 7.28. The van der Waals surface area contributed by atoms with E-state index in [-0.39, 0.29) is 12.0 Å². The fourth-order valence-electron chi connectivity index (χ4n) is 2.99. The van der Waals surface area contributed by atoms with E-state index in [0.717, 1.165) is 25.9 Å². The van der Waals surface area contributed by atoms with Gasteiger partial charge in [-0.2, -0.15) is 5.10 Å². The number of carboxylic acid groups (broad SMARTS) is 1. The highest BCUT2D eigenvalue weighted by molar-refractivity contribution is 5.74. The number of nitrogens with zero attached hydrogens (tertiary/aromatic N) is 3. The second-order valence-corrected chi connectivity index (χ2v) is 6.48. The van der Waals surface area contributed by atoms with Crippen molar-refractivity contribution in [2.24, 2.45) is 18.4 Å². The van der Waals surface area contributed by atoms with Crippen LogP contribution >= 0.6 is 0 Å². The topological polar surface area (TPSA) is 58.4 Å². The number of piperidine rings is 1. The van der Waals surface area contributed by atoms with E-state index in [1.54, 1.807) is 0 Å². The lowest BCUT2D eigenvalue weighted by Gasteiger charge is -2.41. The molecule has 2 unspecified atom stereocenters. The zero-order valence-electron chi connectivity index (χ0n) is 12.8. The number of aromatic nitrogens is 2. The van der Waals surface area contributed by atoms with E-state index >= 15 is 0 Å². The first kappa shape index (κ1) is 15.0. The Morgan fingerprint density at radius 3 is 2.80 bits per heavy atom. The zero-order valence-corrected chi connectivity index (χ0v) is 12.8. The Balaban J connectivity index is 2.09. The van der Waals surface area contributed by atoms with Gasteiger partial charge in [-0.05, 0) is 46.1 Å². The van der Waals surface area contributed by atoms with Gasteiger partial charge in [-0.1, -0.05) is 0 Å². The number of hydrogen-bond acceptors (Lipinski definition) is 3. The summed E-state index contributed by atoms with van der Waals surface area (Å²) in [5.74, 6) is -0.494. The smallest absolute Gasteiger partial charge is 0.309 e. The van der Waals surface area contributed by atoms with Gasteiger partial charge in [0.05, 0.1) is 11.6 Å². The predicted molar refractivity (Wildman–Crippen MR) is 77.3 cm³/mol. The first-order valence-corrected chi connectivity index (χ1v) is 7.28. The van der Waals surface area contributed by atoms with Crippen LogP contribution < -0.4 is 0 Å². The molecule has 0 saturated carbocycles. The molecule has 0 amide bonds. The molecule has 5 nitrogen and oxygen atoms in total. The number of carboxylic acids is 1. The highest BCUT2D eigenvalue weighted by Gasteiger charge is 2.39. The quantitative estimate of drug-likeness (QED) is 0.919. The summed E-state index contributed by atoms with van der Waals surface area (Å²) in [5.41, 5.74) is 0.536. The molecule has 1 aliphatic heterocycles. The maximum atomic E-state index is 11.4. The van der Waals surface area contributed by atoms with Gasteiger partial charge in [0, 0.05) is 31.4 Å². The van der Waals surface area contributed by atoms with Gasteiger partial charge in [0.2, 0.25) is 0 Å². The minimum atomic E-state index is -0.696. The van der Waals surface area contributed by atoms with E-state index in [1.807, 2.05) is 38.0 Å². The lowest BCUT2D eigenvalue weighted by atomic mass is 9.74. The molecule has 1 aromatic heterocycles. The van der Waals surface area contributed by atoms with Gasteiger partial charge in [0.25, 0.3) is 0 Å². The third-order valence-corrected chi connectivity index (χ3v) is 4.78. The van der Waals surface area contributed by atoms with Crippen LogP contribution in [-0.4, -0.2) is 38.8 Å². The molecule has 0 aliphatic carbocycles. The highest BCUT2D eigenvalue weighted by atomic mass is 16.4. The van der Waals surface area contributed by atoms with Gasteiger partial charge in [0.15, 0.2) is 0 Å². The van der Waals surface area contributed by atoms with E-state index < -0.39 is 11.4 Å². The summed E-state index contributed by atoms with van der Waals surface area (Å²) < 4.78 is 1.81. The van der Waals surface area contributed by atoms with Crippen LogP contribution in [0, 0.1) is 11.3 Å². The van der Waals surface area contributed by atoms with Crippen molar-refractivity contribution in [2.75, 3.05) is 13.1 Å². The molecular weight excluding hydrogens is 254 g/mol. The molecule has 1 aliphatic rings. The molecule has 2 rings (SSSR count). The summed E-state index contributed by atoms with van der Waals surface area (Å²) in [6, 6.07) is 0.288. The van der Waals surface area contributed by atoms with E-state index in [0.29, 0.717) is 0 Å². The van der Waals surface area contributed by atoms with Crippen molar-refractivity contribution in [1.82, 2.24) is 14.7 Å². The van der Waals surface area contributed by atoms with Gasteiger partial charge in [-0.15, -0.1) is 0 Å². The number of carbonyl (C=O) groups is 1. The number of rotatable bonds is 4. The van der Waals surface area contributed by atoms with Crippen LogP contribution in [0.4, 0.5) is 0 Å². The SMILES string of the molecule is CC(c1cnn(C)c1)N1CCCC(C(C)(C)C(=O)O)C1. The predicted octanol–water partition coefficient (Wildman–Crippen LogP) is 2.30. The van der Waals surface area contributed by atoms with E-state index in [4.69, 9.17) is 0 Å². The van der Waals surface area contributed by atoms with E-state index in [9.17, 15) is 9.90 Å². The molecule has 2 heterocycles. The number of aliphatic carboxylic acids is 1. The summed E-state index contributed by atoms with van der Waals surface area (Å²) in [4.78, 5) is 13.8. The molecule has 0 bridgehead atoms. The number of likely N-dealkylation sites (tertiary alicyclic amines) is 1. The molecule has 2 atom stereocenters. The number of aryl methyl sites for hydroxylation is 1. The average molecular weight is 279 g/mol. The van der Waals surface area contributed by atoms with Crippen LogP contribution in [0.1, 0.15) is 45.2 Å². The second-order valence-electron chi connectivity index (χ2n) is 6.48. The number of hydrogen-bond donors (Lipinski definition) is 1. The van der Waals surface area contributed by atoms with Gasteiger partial charge < -0.3 is 5.11 Å². The monoisotopic (exact) mass is 279 g/mol. The fraction of sp³-hybridized carbons (Fsp3) is 0.733. The van der Waals surface area contributed by atoms with E-state index in [2.05, 4.69) is 16.9 Å². The van der Waals surface area contributed by atoms with Gasteiger partial charge >= 0.3 is 5.97 Å². The molecule has 20 heavy (non-hydrogen) atoms. The Kier molecular flexibility index (Phi) is 4.18. The third kappa shape index (κ3) is 2.87. The Labute approximate surface area is 120 Å². The molecular formula is C15H25N3O2. The standard InChI is InChI=1S/C15H25N3O2/c1-11(12-8-16-17(4)9-12)18-7-5-6-13(10-18)15(2,3)14(19)20/h8-9,11,13H,5-7,10H2,1-4H3,(H,19,20). The van der Waals surface area contributed by atoms with Crippen molar-refractivity contribution >= 4 is 5.97 Å². The lowest BCUT2D eigenvalue weighted by molar-refractivity contribution is -0.151. The Morgan fingerprint density at radius 1 is 1.55 bits per heavy atom. The van der Waals surface area contributed by atoms with Crippen LogP contribution in [0.5, 0.6) is 0 Å². The summed E-state index contributed by atoms with van der Waals surface area (Å²) in [6.45, 7) is 7.74. The zero-order chi connectivity index (χ0) is 14.9. The van der Waals surface area contributed by atoms with Crippen LogP contribution in [0.3, 0.4) is 0 Å². The van der Waals surface area contributed by atoms with Gasteiger partial charge in [-0.25, -0.2) is 0 Å². The largest absolute Gasteiger partial charge is 0.481 e. The minimum Gasteiger partial charge on any atom is -0.481 e. The molecule has 0 spiro atoms. The normalized spacial score (nSPS) is 22.7. The van der Waals surface area contributed by atoms with Crippen molar-refractivity contribution in [3.63, 3.8) is 0 Å². The maximum Gasteiger partial charge on any atom is 0.309 e. The summed E-state index contributed by atoms with van der Waals surface area (Å²) in [6.07, 6.45) is 5.99. The second kappa shape index (κ2) is 5.56. The molecule has 0 aromatic carbocycles. The van der Waals surface area contributed by atoms with Crippen LogP contribution in [0.25, 0.3) is 0 Å². The van der Waals surface area contributed by atoms with Crippen molar-refractivity contribution in [3.05, 3.63) is 18.0 Å². The third-order valence-electron chi connectivity index (χ3n) is 4.78. The molecule has 1 saturated heterocycles. The average Bonchev–Trinajstić information content (AvgIpc) is 2.84. The molecule has 0 radical (unpaired) electrons. The van der Waals surface area contributed by atoms with Gasteiger partial charge in [-0.3, -0.25) is 14.4 Å². The van der Waals surface area contributed by atoms with Crippen LogP contribution in [0.15, 0.2) is 12.4 Å². The molecule has 1 fully saturated rings. The van der Waals surface area contributed by atoms with Crippen LogP contribution in [0.2, 0.25) is 0 Å². The van der Waals surface area contributed by atoms with Crippen molar-refractivity contribution in [2.45, 2.75) is 39.7 Å². The summed E-state index contributed by atoms with van der Waals surface area (Å²) in [5, 5.41) is 13.6. The highest BCUT2D eigenvalue weighted by Crippen LogP contribution is 2.36. The summed E-state index contributed by atoms with van der Waals surface area (Å²) in [7, 11) is 1.92. The first-order chi connectivity index (χ1) is 9.32. The summed E-state index contributed by atoms with van der Waals surface area (Å²) >= 11 is 0. The maximum absolute atomic E-state index is 11.4. The van der Waals surface area contributed by atoms with Crippen molar-refractivity contribution in [1.29, 1.82) is 0 Å². The molecule has 112 valence electrons. The molecule has 5 heteroatoms. The lowest BCUT2D eigenvalue weighted by Crippen LogP contribution is -2.45. The Hall–Kier alpha value is -1.36.